The number of carboxylic acids is 1. The minimum absolute atomic E-state index is 0. The van der Waals surface area contributed by atoms with Gasteiger partial charge < -0.3 is 11.3 Å². The van der Waals surface area contributed by atoms with Crippen LogP contribution in [0.5, 0.6) is 5.75 Å². The molecule has 0 aliphatic carbocycles. The van der Waals surface area contributed by atoms with E-state index < -0.39 is 12.8 Å². The summed E-state index contributed by atoms with van der Waals surface area (Å²) in [4.78, 5) is 10.5. The van der Waals surface area contributed by atoms with Gasteiger partial charge in [-0.3, -0.25) is 0 Å². The summed E-state index contributed by atoms with van der Waals surface area (Å²) in [5.74, 6) is -1.08. The van der Waals surface area contributed by atoms with E-state index in [1.165, 1.54) is 12.1 Å². The molecule has 5 heteroatoms. The molecule has 1 aromatic carbocycles. The molecule has 3 nitrogen and oxygen atoms in total. The molecule has 66 valence electrons. The van der Waals surface area contributed by atoms with Crippen LogP contribution in [-0.2, 0) is 0 Å². The number of halogens is 1. The summed E-state index contributed by atoms with van der Waals surface area (Å²) >= 11 is 0. The average molecular weight is 178 g/mol. The zero-order valence-electron chi connectivity index (χ0n) is 8.16. The molecule has 0 atom stereocenters. The Balaban J connectivity index is 0. The summed E-state index contributed by atoms with van der Waals surface area (Å²) in [6.45, 7) is -1.02. The third-order valence-corrected chi connectivity index (χ3v) is 1.33. The van der Waals surface area contributed by atoms with E-state index in [-0.39, 0.29) is 31.6 Å². The predicted octanol–water partition coefficient (Wildman–Crippen LogP) is -1.19. The van der Waals surface area contributed by atoms with Gasteiger partial charge >= 0.3 is 24.8 Å². The number of hydrogen-bond acceptors (Lipinski definition) is 2. The van der Waals surface area contributed by atoms with Crippen molar-refractivity contribution in [1.29, 1.82) is 0 Å². The van der Waals surface area contributed by atoms with Gasteiger partial charge in [0, 0.05) is 0 Å². The van der Waals surface area contributed by atoms with Crippen LogP contribution >= 0.6 is 0 Å². The van der Waals surface area contributed by atoms with Gasteiger partial charge in [0.05, 0.1) is 0 Å². The van der Waals surface area contributed by atoms with Gasteiger partial charge in [-0.1, -0.05) is 12.1 Å². The second kappa shape index (κ2) is 5.63. The first kappa shape index (κ1) is 12.0. The van der Waals surface area contributed by atoms with Crippen LogP contribution < -0.4 is 23.6 Å². The van der Waals surface area contributed by atoms with Gasteiger partial charge in [0.2, 0.25) is 6.86 Å². The predicted molar refractivity (Wildman–Crippen MR) is 41.1 cm³/mol. The first-order chi connectivity index (χ1) is 5.75. The average Bonchev–Trinajstić information content (AvgIpc) is 2.05. The van der Waals surface area contributed by atoms with E-state index >= 15 is 0 Å². The molecule has 0 heterocycles. The van der Waals surface area contributed by atoms with Crippen molar-refractivity contribution in [1.82, 2.24) is 0 Å². The molecule has 1 N–H and O–H groups in total. The number of alkyl halides is 1. The molecule has 0 aliphatic heterocycles. The Morgan fingerprint density at radius 3 is 2.69 bits per heavy atom. The molecule has 0 aromatic heterocycles. The molecule has 1 rings (SSSR count). The van der Waals surface area contributed by atoms with E-state index in [1.54, 1.807) is 12.1 Å². The maximum Gasteiger partial charge on any atom is 1.00 e. The Kier molecular flexibility index (Phi) is 5.20. The summed E-state index contributed by atoms with van der Waals surface area (Å²) in [6, 6.07) is 5.89. The fourth-order valence-corrected chi connectivity index (χ4v) is 0.828. The minimum atomic E-state index is -1.13. The SMILES string of the molecule is O=C(O)c1ccccc1OCF.[H-].[Li+]. The second-order valence-corrected chi connectivity index (χ2v) is 2.05. The number of carbonyl (C=O) groups is 1. The van der Waals surface area contributed by atoms with Crippen LogP contribution in [0, 0.1) is 0 Å². The van der Waals surface area contributed by atoms with E-state index in [0.29, 0.717) is 0 Å². The summed E-state index contributed by atoms with van der Waals surface area (Å²) in [6.07, 6.45) is 0. The number of hydrogen-bond donors (Lipinski definition) is 1. The number of aromatic carboxylic acids is 1. The molecule has 0 saturated heterocycles. The third-order valence-electron chi connectivity index (χ3n) is 1.33. The van der Waals surface area contributed by atoms with Crippen LogP contribution in [0.15, 0.2) is 24.3 Å². The number of ether oxygens (including phenoxy) is 1. The Morgan fingerprint density at radius 1 is 1.54 bits per heavy atom. The zero-order chi connectivity index (χ0) is 8.97. The van der Waals surface area contributed by atoms with Gasteiger partial charge in [-0.2, -0.15) is 0 Å². The van der Waals surface area contributed by atoms with Crippen LogP contribution in [0.1, 0.15) is 11.8 Å². The minimum Gasteiger partial charge on any atom is -1.00 e. The number of rotatable bonds is 3. The van der Waals surface area contributed by atoms with Crippen molar-refractivity contribution in [2.75, 3.05) is 6.86 Å². The molecule has 0 spiro atoms. The Hall–Kier alpha value is -0.983. The third kappa shape index (κ3) is 3.09. The van der Waals surface area contributed by atoms with E-state index in [1.807, 2.05) is 0 Å². The van der Waals surface area contributed by atoms with E-state index in [9.17, 15) is 9.18 Å². The summed E-state index contributed by atoms with van der Waals surface area (Å²) in [5, 5.41) is 8.59. The van der Waals surface area contributed by atoms with Crippen molar-refractivity contribution in [3.8, 4) is 5.75 Å². The van der Waals surface area contributed by atoms with Gasteiger partial charge in [0.25, 0.3) is 0 Å². The van der Waals surface area contributed by atoms with Crippen molar-refractivity contribution in [3.63, 3.8) is 0 Å². The molecule has 0 bridgehead atoms. The standard InChI is InChI=1S/C8H7FO3.Li.H/c9-5-12-7-4-2-1-3-6(7)8(10)11;;/h1-4H,5H2,(H,10,11);;/q;+1;-1. The van der Waals surface area contributed by atoms with E-state index in [4.69, 9.17) is 5.11 Å². The molecule has 0 radical (unpaired) electrons. The van der Waals surface area contributed by atoms with Gasteiger partial charge in [0.1, 0.15) is 11.3 Å². The molecular weight excluding hydrogens is 170 g/mol. The van der Waals surface area contributed by atoms with Crippen molar-refractivity contribution in [2.24, 2.45) is 0 Å². The van der Waals surface area contributed by atoms with Crippen LogP contribution in [0.4, 0.5) is 4.39 Å². The van der Waals surface area contributed by atoms with Crippen LogP contribution in [0.25, 0.3) is 0 Å². The van der Waals surface area contributed by atoms with Crippen LogP contribution in [0.3, 0.4) is 0 Å². The molecule has 1 aromatic rings. The zero-order valence-corrected chi connectivity index (χ0v) is 7.16. The van der Waals surface area contributed by atoms with Crippen molar-refractivity contribution < 1.29 is 39.3 Å². The molecule has 0 fully saturated rings. The number of benzene rings is 1. The van der Waals surface area contributed by atoms with Crippen molar-refractivity contribution >= 4 is 5.97 Å². The van der Waals surface area contributed by atoms with Gasteiger partial charge in [-0.15, -0.1) is 0 Å². The number of carboxylic acid groups (broad SMARTS) is 1. The Labute approximate surface area is 88.2 Å². The fourth-order valence-electron chi connectivity index (χ4n) is 0.828. The van der Waals surface area contributed by atoms with Crippen LogP contribution in [-0.4, -0.2) is 17.9 Å². The van der Waals surface area contributed by atoms with Gasteiger partial charge in [0.15, 0.2) is 0 Å². The molecule has 0 amide bonds. The molecule has 0 aliphatic rings. The smallest absolute Gasteiger partial charge is 1.00 e. The van der Waals surface area contributed by atoms with Gasteiger partial charge in [-0.25, -0.2) is 9.18 Å². The second-order valence-electron chi connectivity index (χ2n) is 2.05. The molecule has 0 saturated carbocycles. The first-order valence-electron chi connectivity index (χ1n) is 3.27. The van der Waals surface area contributed by atoms with Crippen LogP contribution in [0.2, 0.25) is 0 Å². The summed E-state index contributed by atoms with van der Waals surface area (Å²) < 4.78 is 16.2. The van der Waals surface area contributed by atoms with E-state index in [2.05, 4.69) is 4.74 Å². The van der Waals surface area contributed by atoms with Crippen molar-refractivity contribution in [3.05, 3.63) is 29.8 Å². The van der Waals surface area contributed by atoms with Gasteiger partial charge in [-0.05, 0) is 12.1 Å². The Bertz CT molecular complexity index is 296. The monoisotopic (exact) mass is 178 g/mol. The van der Waals surface area contributed by atoms with E-state index in [0.717, 1.165) is 0 Å². The summed E-state index contributed by atoms with van der Waals surface area (Å²) in [5.41, 5.74) is -0.0323. The maximum absolute atomic E-state index is 11.7. The Morgan fingerprint density at radius 2 is 2.15 bits per heavy atom. The molecule has 0 unspecified atom stereocenters. The van der Waals surface area contributed by atoms with Crippen molar-refractivity contribution in [2.45, 2.75) is 0 Å². The topological polar surface area (TPSA) is 46.5 Å². The molecular formula is C8H8FLiO3. The first-order valence-corrected chi connectivity index (χ1v) is 3.27. The largest absolute Gasteiger partial charge is 1.00 e. The maximum atomic E-state index is 11.7. The normalized spacial score (nSPS) is 8.69. The summed E-state index contributed by atoms with van der Waals surface area (Å²) in [7, 11) is 0. The quantitative estimate of drug-likeness (QED) is 0.592. The fraction of sp³-hybridized carbons (Fsp3) is 0.125. The number of para-hydroxylation sites is 1. The molecule has 13 heavy (non-hydrogen) atoms.